The Hall–Kier alpha value is -1.95. The molecule has 1 rings (SSSR count). The number of unbranched alkanes of at least 4 members (excludes halogenated alkanes) is 3. The maximum atomic E-state index is 11.4. The number of carbonyl (C=O) groups excluding carboxylic acids is 1. The number of carbonyl (C=O) groups is 1. The lowest BCUT2D eigenvalue weighted by Gasteiger charge is -2.31. The number of aliphatic hydroxyl groups is 2. The molecule has 0 saturated carbocycles. The third kappa shape index (κ3) is 14.1. The third-order valence-corrected chi connectivity index (χ3v) is 4.53. The summed E-state index contributed by atoms with van der Waals surface area (Å²) in [6, 6.07) is 0. The second kappa shape index (κ2) is 17.9. The van der Waals surface area contributed by atoms with Crippen LogP contribution in [0.15, 0.2) is 60.8 Å². The van der Waals surface area contributed by atoms with Crippen LogP contribution in [-0.2, 0) is 14.3 Å². The van der Waals surface area contributed by atoms with Crippen LogP contribution >= 0.6 is 0 Å². The number of hydrogen-bond donors (Lipinski definition) is 2. The standard InChI is InChI=1S/C25H38O5/c1-2-3-4-13-16-23-19-24(30-23)17-14-11-9-7-5-6-8-10-12-15-18-25(28)29-21-22(27)20-26/h3-6,9,11,13-14,16-17,22-24,26-27H,2,7-8,10,12,15,18-21H2,1H3/b4-3-,6-5-,11-9-,16-13+,17-14-. The van der Waals surface area contributed by atoms with Crippen molar-refractivity contribution in [3.05, 3.63) is 60.8 Å². The molecular formula is C25H38O5. The van der Waals surface area contributed by atoms with Gasteiger partial charge in [0.05, 0.1) is 18.8 Å². The molecule has 2 N–H and O–H groups in total. The molecule has 0 bridgehead atoms. The molecule has 1 saturated heterocycles. The largest absolute Gasteiger partial charge is 0.463 e. The molecule has 0 amide bonds. The topological polar surface area (TPSA) is 76.0 Å². The number of hydrogen-bond acceptors (Lipinski definition) is 5. The van der Waals surface area contributed by atoms with Crippen molar-refractivity contribution in [3.63, 3.8) is 0 Å². The number of allylic oxidation sites excluding steroid dienone is 8. The molecule has 3 atom stereocenters. The maximum absolute atomic E-state index is 11.4. The second-order valence-electron chi connectivity index (χ2n) is 7.31. The Morgan fingerprint density at radius 3 is 2.40 bits per heavy atom. The van der Waals surface area contributed by atoms with Gasteiger partial charge in [0.2, 0.25) is 0 Å². The Kier molecular flexibility index (Phi) is 15.5. The Bertz CT molecular complexity index is 582. The molecule has 1 fully saturated rings. The van der Waals surface area contributed by atoms with E-state index in [0.717, 1.165) is 44.9 Å². The second-order valence-corrected chi connectivity index (χ2v) is 7.31. The minimum Gasteiger partial charge on any atom is -0.463 e. The number of esters is 1. The van der Waals surface area contributed by atoms with Gasteiger partial charge in [0.25, 0.3) is 0 Å². The summed E-state index contributed by atoms with van der Waals surface area (Å²) >= 11 is 0. The number of aliphatic hydroxyl groups excluding tert-OH is 2. The Morgan fingerprint density at radius 2 is 1.73 bits per heavy atom. The first kappa shape index (κ1) is 26.1. The first-order valence-electron chi connectivity index (χ1n) is 11.1. The molecule has 1 heterocycles. The molecule has 0 radical (unpaired) electrons. The fourth-order valence-corrected chi connectivity index (χ4v) is 2.75. The summed E-state index contributed by atoms with van der Waals surface area (Å²) in [5.41, 5.74) is 0. The van der Waals surface area contributed by atoms with Crippen LogP contribution < -0.4 is 0 Å². The van der Waals surface area contributed by atoms with Crippen LogP contribution in [0.2, 0.25) is 0 Å². The highest BCUT2D eigenvalue weighted by Crippen LogP contribution is 2.22. The summed E-state index contributed by atoms with van der Waals surface area (Å²) in [4.78, 5) is 11.4. The van der Waals surface area contributed by atoms with Crippen molar-refractivity contribution < 1.29 is 24.5 Å². The average molecular weight is 419 g/mol. The lowest BCUT2D eigenvalue weighted by atomic mass is 10.0. The summed E-state index contributed by atoms with van der Waals surface area (Å²) in [5.74, 6) is -0.320. The summed E-state index contributed by atoms with van der Waals surface area (Å²) in [7, 11) is 0. The predicted octanol–water partition coefficient (Wildman–Crippen LogP) is 4.57. The van der Waals surface area contributed by atoms with Gasteiger partial charge in [-0.2, -0.15) is 0 Å². The van der Waals surface area contributed by atoms with Crippen LogP contribution in [0.25, 0.3) is 0 Å². The summed E-state index contributed by atoms with van der Waals surface area (Å²) < 4.78 is 10.6. The molecule has 0 aromatic heterocycles. The molecule has 0 spiro atoms. The van der Waals surface area contributed by atoms with Crippen molar-refractivity contribution in [1.29, 1.82) is 0 Å². The van der Waals surface area contributed by atoms with Crippen LogP contribution in [0.1, 0.15) is 58.3 Å². The van der Waals surface area contributed by atoms with Crippen LogP contribution in [0.3, 0.4) is 0 Å². The molecule has 0 aliphatic carbocycles. The summed E-state index contributed by atoms with van der Waals surface area (Å²) in [6.07, 6.45) is 27.6. The van der Waals surface area contributed by atoms with Gasteiger partial charge in [-0.15, -0.1) is 0 Å². The number of ether oxygens (including phenoxy) is 2. The van der Waals surface area contributed by atoms with E-state index in [9.17, 15) is 4.79 Å². The average Bonchev–Trinajstić information content (AvgIpc) is 2.72. The predicted molar refractivity (Wildman–Crippen MR) is 121 cm³/mol. The third-order valence-electron chi connectivity index (χ3n) is 4.53. The van der Waals surface area contributed by atoms with E-state index in [4.69, 9.17) is 19.7 Å². The highest BCUT2D eigenvalue weighted by Gasteiger charge is 2.24. The van der Waals surface area contributed by atoms with Gasteiger partial charge in [-0.05, 0) is 32.1 Å². The quantitative estimate of drug-likeness (QED) is 0.166. The zero-order valence-electron chi connectivity index (χ0n) is 18.2. The molecule has 5 heteroatoms. The van der Waals surface area contributed by atoms with Crippen molar-refractivity contribution >= 4 is 5.97 Å². The maximum Gasteiger partial charge on any atom is 0.305 e. The fraction of sp³-hybridized carbons (Fsp3) is 0.560. The van der Waals surface area contributed by atoms with Crippen molar-refractivity contribution in [2.45, 2.75) is 76.6 Å². The van der Waals surface area contributed by atoms with Crippen LogP contribution in [-0.4, -0.2) is 47.7 Å². The fourth-order valence-electron chi connectivity index (χ4n) is 2.75. The highest BCUT2D eigenvalue weighted by atomic mass is 16.5. The molecular weight excluding hydrogens is 380 g/mol. The molecule has 1 aliphatic heterocycles. The van der Waals surface area contributed by atoms with Gasteiger partial charge in [-0.3, -0.25) is 4.79 Å². The lowest BCUT2D eigenvalue weighted by molar-refractivity contribution is -0.147. The SMILES string of the molecule is CC/C=C\C=C\C1CC(/C=C\C=C/C/C=C\CCCCCC(=O)OCC(O)CO)O1. The number of rotatable bonds is 16. The van der Waals surface area contributed by atoms with Gasteiger partial charge in [0.15, 0.2) is 0 Å². The summed E-state index contributed by atoms with van der Waals surface area (Å²) in [5, 5.41) is 17.7. The molecule has 3 unspecified atom stereocenters. The van der Waals surface area contributed by atoms with E-state index in [2.05, 4.69) is 61.6 Å². The molecule has 0 aromatic carbocycles. The molecule has 1 aliphatic rings. The van der Waals surface area contributed by atoms with Crippen LogP contribution in [0, 0.1) is 0 Å². The highest BCUT2D eigenvalue weighted by molar-refractivity contribution is 5.69. The van der Waals surface area contributed by atoms with E-state index >= 15 is 0 Å². The minimum absolute atomic E-state index is 0.136. The first-order chi connectivity index (χ1) is 14.7. The van der Waals surface area contributed by atoms with Gasteiger partial charge >= 0.3 is 5.97 Å². The van der Waals surface area contributed by atoms with E-state index in [1.54, 1.807) is 0 Å². The van der Waals surface area contributed by atoms with Crippen molar-refractivity contribution in [2.24, 2.45) is 0 Å². The van der Waals surface area contributed by atoms with E-state index in [-0.39, 0.29) is 24.8 Å². The molecule has 0 aromatic rings. The van der Waals surface area contributed by atoms with E-state index in [1.807, 2.05) is 6.08 Å². The van der Waals surface area contributed by atoms with Crippen molar-refractivity contribution in [1.82, 2.24) is 0 Å². The van der Waals surface area contributed by atoms with Gasteiger partial charge < -0.3 is 19.7 Å². The molecule has 30 heavy (non-hydrogen) atoms. The molecule has 5 nitrogen and oxygen atoms in total. The van der Waals surface area contributed by atoms with Crippen molar-refractivity contribution in [2.75, 3.05) is 13.2 Å². The molecule has 168 valence electrons. The summed E-state index contributed by atoms with van der Waals surface area (Å²) in [6.45, 7) is 1.59. The Morgan fingerprint density at radius 1 is 1.03 bits per heavy atom. The Balaban J connectivity index is 1.94. The van der Waals surface area contributed by atoms with Crippen LogP contribution in [0.4, 0.5) is 0 Å². The zero-order valence-corrected chi connectivity index (χ0v) is 18.2. The lowest BCUT2D eigenvalue weighted by Crippen LogP contribution is -2.34. The van der Waals surface area contributed by atoms with Crippen molar-refractivity contribution in [3.8, 4) is 0 Å². The monoisotopic (exact) mass is 418 g/mol. The van der Waals surface area contributed by atoms with Gasteiger partial charge in [-0.1, -0.05) is 74.1 Å². The zero-order chi connectivity index (χ0) is 21.9. The Labute approximate surface area is 181 Å². The van der Waals surface area contributed by atoms with Crippen LogP contribution in [0.5, 0.6) is 0 Å². The van der Waals surface area contributed by atoms with E-state index in [1.165, 1.54) is 0 Å². The van der Waals surface area contributed by atoms with Gasteiger partial charge in [-0.25, -0.2) is 0 Å². The van der Waals surface area contributed by atoms with Gasteiger partial charge in [0.1, 0.15) is 12.7 Å². The van der Waals surface area contributed by atoms with E-state index < -0.39 is 12.7 Å². The van der Waals surface area contributed by atoms with E-state index in [0.29, 0.717) is 6.42 Å². The van der Waals surface area contributed by atoms with Gasteiger partial charge in [0, 0.05) is 12.8 Å². The normalized spacial score (nSPS) is 20.8. The smallest absolute Gasteiger partial charge is 0.305 e. The minimum atomic E-state index is -0.983. The first-order valence-corrected chi connectivity index (χ1v) is 11.1.